The van der Waals surface area contributed by atoms with E-state index < -0.39 is 0 Å². The van der Waals surface area contributed by atoms with Gasteiger partial charge >= 0.3 is 0 Å². The molecule has 0 fully saturated rings. The van der Waals surface area contributed by atoms with Crippen molar-refractivity contribution < 1.29 is 4.74 Å². The summed E-state index contributed by atoms with van der Waals surface area (Å²) < 4.78 is 9.43. The van der Waals surface area contributed by atoms with Gasteiger partial charge in [0, 0.05) is 23.1 Å². The Kier molecular flexibility index (Phi) is 3.58. The van der Waals surface area contributed by atoms with Gasteiger partial charge in [-0.05, 0) is 38.1 Å². The average Bonchev–Trinajstić information content (AvgIpc) is 2.77. The smallest absolute Gasteiger partial charge is 0.203 e. The molecule has 4 nitrogen and oxygen atoms in total. The first kappa shape index (κ1) is 11.9. The quantitative estimate of drug-likeness (QED) is 0.904. The first-order valence-corrected chi connectivity index (χ1v) is 6.21. The molecule has 0 amide bonds. The molecule has 90 valence electrons. The maximum absolute atomic E-state index is 5.11. The van der Waals surface area contributed by atoms with Crippen LogP contribution < -0.4 is 10.1 Å². The molecule has 2 rings (SSSR count). The van der Waals surface area contributed by atoms with E-state index >= 15 is 0 Å². The SMILES string of the molecule is COc1ccc(-c2nsc(NC(C)C)n2)cc1. The molecule has 0 radical (unpaired) electrons. The van der Waals surface area contributed by atoms with Crippen molar-refractivity contribution in [2.24, 2.45) is 0 Å². The molecule has 0 unspecified atom stereocenters. The highest BCUT2D eigenvalue weighted by molar-refractivity contribution is 7.09. The Morgan fingerprint density at radius 1 is 1.24 bits per heavy atom. The van der Waals surface area contributed by atoms with E-state index in [1.54, 1.807) is 7.11 Å². The number of benzene rings is 1. The normalized spacial score (nSPS) is 10.6. The van der Waals surface area contributed by atoms with Crippen molar-refractivity contribution in [3.05, 3.63) is 24.3 Å². The van der Waals surface area contributed by atoms with Gasteiger partial charge in [-0.25, -0.2) is 0 Å². The lowest BCUT2D eigenvalue weighted by atomic mass is 10.2. The summed E-state index contributed by atoms with van der Waals surface area (Å²) in [6.45, 7) is 4.16. The minimum absolute atomic E-state index is 0.367. The number of rotatable bonds is 4. The standard InChI is InChI=1S/C12H15N3OS/c1-8(2)13-12-14-11(15-17-12)9-4-6-10(16-3)7-5-9/h4-8H,1-3H3,(H,13,14,15). The van der Waals surface area contributed by atoms with Crippen LogP contribution in [0.25, 0.3) is 11.4 Å². The van der Waals surface area contributed by atoms with Crippen molar-refractivity contribution in [1.82, 2.24) is 9.36 Å². The fraction of sp³-hybridized carbons (Fsp3) is 0.333. The zero-order chi connectivity index (χ0) is 12.3. The molecule has 0 saturated heterocycles. The largest absolute Gasteiger partial charge is 0.497 e. The monoisotopic (exact) mass is 249 g/mol. The summed E-state index contributed by atoms with van der Waals surface area (Å²) in [6.07, 6.45) is 0. The number of methoxy groups -OCH3 is 1. The molecule has 0 aliphatic carbocycles. The Bertz CT molecular complexity index is 479. The van der Waals surface area contributed by atoms with Gasteiger partial charge in [-0.3, -0.25) is 0 Å². The topological polar surface area (TPSA) is 47.0 Å². The Labute approximate surface area is 105 Å². The molecular formula is C12H15N3OS. The first-order chi connectivity index (χ1) is 8.19. The fourth-order valence-electron chi connectivity index (χ4n) is 1.39. The van der Waals surface area contributed by atoms with E-state index in [0.717, 1.165) is 22.3 Å². The number of aromatic nitrogens is 2. The maximum atomic E-state index is 5.11. The molecule has 0 spiro atoms. The number of nitrogens with one attached hydrogen (secondary N) is 1. The highest BCUT2D eigenvalue weighted by atomic mass is 32.1. The van der Waals surface area contributed by atoms with Crippen LogP contribution in [-0.4, -0.2) is 22.5 Å². The molecule has 0 aliphatic heterocycles. The maximum Gasteiger partial charge on any atom is 0.203 e. The second-order valence-electron chi connectivity index (χ2n) is 3.95. The van der Waals surface area contributed by atoms with Crippen LogP contribution in [0.15, 0.2) is 24.3 Å². The fourth-order valence-corrected chi connectivity index (χ4v) is 2.12. The van der Waals surface area contributed by atoms with Crippen molar-refractivity contribution in [3.63, 3.8) is 0 Å². The lowest BCUT2D eigenvalue weighted by molar-refractivity contribution is 0.415. The molecule has 1 heterocycles. The summed E-state index contributed by atoms with van der Waals surface area (Å²) in [7, 11) is 1.65. The van der Waals surface area contributed by atoms with Crippen LogP contribution in [0, 0.1) is 0 Å². The van der Waals surface area contributed by atoms with Crippen LogP contribution in [0.4, 0.5) is 5.13 Å². The van der Waals surface area contributed by atoms with E-state index in [4.69, 9.17) is 4.74 Å². The average molecular weight is 249 g/mol. The van der Waals surface area contributed by atoms with Gasteiger partial charge in [-0.2, -0.15) is 9.36 Å². The van der Waals surface area contributed by atoms with Crippen molar-refractivity contribution in [2.45, 2.75) is 19.9 Å². The Hall–Kier alpha value is -1.62. The molecule has 0 bridgehead atoms. The molecule has 0 aliphatic rings. The second kappa shape index (κ2) is 5.14. The molecular weight excluding hydrogens is 234 g/mol. The minimum atomic E-state index is 0.367. The van der Waals surface area contributed by atoms with E-state index in [-0.39, 0.29) is 0 Å². The van der Waals surface area contributed by atoms with Crippen LogP contribution >= 0.6 is 11.5 Å². The van der Waals surface area contributed by atoms with Gasteiger partial charge in [0.2, 0.25) is 5.13 Å². The van der Waals surface area contributed by atoms with Crippen molar-refractivity contribution in [2.75, 3.05) is 12.4 Å². The van der Waals surface area contributed by atoms with Gasteiger partial charge < -0.3 is 10.1 Å². The third-order valence-corrected chi connectivity index (χ3v) is 2.83. The molecule has 2 aromatic rings. The molecule has 5 heteroatoms. The lowest BCUT2D eigenvalue weighted by Crippen LogP contribution is -2.08. The van der Waals surface area contributed by atoms with Gasteiger partial charge in [0.15, 0.2) is 5.82 Å². The second-order valence-corrected chi connectivity index (χ2v) is 4.70. The van der Waals surface area contributed by atoms with Gasteiger partial charge in [0.05, 0.1) is 7.11 Å². The number of hydrogen-bond donors (Lipinski definition) is 1. The van der Waals surface area contributed by atoms with E-state index in [0.29, 0.717) is 6.04 Å². The summed E-state index contributed by atoms with van der Waals surface area (Å²) in [5.41, 5.74) is 0.999. The predicted molar refractivity (Wildman–Crippen MR) is 70.7 cm³/mol. The molecule has 1 aromatic heterocycles. The Morgan fingerprint density at radius 3 is 2.53 bits per heavy atom. The molecule has 17 heavy (non-hydrogen) atoms. The van der Waals surface area contributed by atoms with Crippen LogP contribution in [0.5, 0.6) is 5.75 Å². The van der Waals surface area contributed by atoms with E-state index in [9.17, 15) is 0 Å². The predicted octanol–water partition coefficient (Wildman–Crippen LogP) is 3.03. The van der Waals surface area contributed by atoms with E-state index in [2.05, 4.69) is 28.5 Å². The zero-order valence-electron chi connectivity index (χ0n) is 10.1. The Morgan fingerprint density at radius 2 is 1.94 bits per heavy atom. The molecule has 0 atom stereocenters. The van der Waals surface area contributed by atoms with Crippen molar-refractivity contribution in [1.29, 1.82) is 0 Å². The van der Waals surface area contributed by atoms with E-state index in [1.165, 1.54) is 11.5 Å². The summed E-state index contributed by atoms with van der Waals surface area (Å²) in [6, 6.07) is 8.10. The van der Waals surface area contributed by atoms with Crippen LogP contribution in [0.1, 0.15) is 13.8 Å². The highest BCUT2D eigenvalue weighted by Crippen LogP contribution is 2.23. The van der Waals surface area contributed by atoms with Crippen LogP contribution in [-0.2, 0) is 0 Å². The van der Waals surface area contributed by atoms with Crippen molar-refractivity contribution in [3.8, 4) is 17.1 Å². The van der Waals surface area contributed by atoms with Gasteiger partial charge in [-0.15, -0.1) is 0 Å². The third kappa shape index (κ3) is 2.94. The molecule has 1 N–H and O–H groups in total. The minimum Gasteiger partial charge on any atom is -0.497 e. The summed E-state index contributed by atoms with van der Waals surface area (Å²) in [4.78, 5) is 4.43. The van der Waals surface area contributed by atoms with Crippen LogP contribution in [0.3, 0.4) is 0 Å². The molecule has 0 saturated carbocycles. The first-order valence-electron chi connectivity index (χ1n) is 5.43. The summed E-state index contributed by atoms with van der Waals surface area (Å²) >= 11 is 1.38. The Balaban J connectivity index is 2.18. The number of ether oxygens (including phenoxy) is 1. The summed E-state index contributed by atoms with van der Waals surface area (Å²) in [5.74, 6) is 1.59. The number of hydrogen-bond acceptors (Lipinski definition) is 5. The van der Waals surface area contributed by atoms with Gasteiger partial charge in [-0.1, -0.05) is 0 Å². The molecule has 1 aromatic carbocycles. The zero-order valence-corrected chi connectivity index (χ0v) is 10.9. The third-order valence-electron chi connectivity index (χ3n) is 2.19. The van der Waals surface area contributed by atoms with Gasteiger partial charge in [0.1, 0.15) is 5.75 Å². The summed E-state index contributed by atoms with van der Waals surface area (Å²) in [5, 5.41) is 4.09. The number of nitrogens with zero attached hydrogens (tertiary/aromatic N) is 2. The van der Waals surface area contributed by atoms with Crippen molar-refractivity contribution >= 4 is 16.7 Å². The van der Waals surface area contributed by atoms with Crippen LogP contribution in [0.2, 0.25) is 0 Å². The number of anilines is 1. The van der Waals surface area contributed by atoms with E-state index in [1.807, 2.05) is 24.3 Å². The highest BCUT2D eigenvalue weighted by Gasteiger charge is 2.07. The van der Waals surface area contributed by atoms with Gasteiger partial charge in [0.25, 0.3) is 0 Å². The lowest BCUT2D eigenvalue weighted by Gasteiger charge is -2.03.